The lowest BCUT2D eigenvalue weighted by Gasteiger charge is -2.23. The Morgan fingerprint density at radius 3 is 2.70 bits per heavy atom. The van der Waals surface area contributed by atoms with Gasteiger partial charge >= 0.3 is 5.97 Å². The highest BCUT2D eigenvalue weighted by atomic mass is 16.7. The van der Waals surface area contributed by atoms with Crippen molar-refractivity contribution in [2.45, 2.75) is 18.4 Å². The zero-order valence-corrected chi connectivity index (χ0v) is 10.4. The molecule has 9 nitrogen and oxygen atoms in total. The molecule has 2 heterocycles. The van der Waals surface area contributed by atoms with E-state index in [0.29, 0.717) is 5.69 Å². The van der Waals surface area contributed by atoms with Gasteiger partial charge in [-0.2, -0.15) is 5.11 Å². The fraction of sp³-hybridized carbons (Fsp3) is 0.364. The van der Waals surface area contributed by atoms with E-state index in [1.54, 1.807) is 0 Å². The fourth-order valence-electron chi connectivity index (χ4n) is 2.22. The van der Waals surface area contributed by atoms with Gasteiger partial charge in [0.2, 0.25) is 6.29 Å². The molecular formula is C11H10N4O5. The molecule has 0 amide bonds. The lowest BCUT2D eigenvalue weighted by molar-refractivity contribution is -0.384. The molecule has 9 heteroatoms. The van der Waals surface area contributed by atoms with Gasteiger partial charge in [-0.25, -0.2) is 9.80 Å². The average molecular weight is 278 g/mol. The number of methoxy groups -OCH3 is 1. The van der Waals surface area contributed by atoms with Crippen molar-refractivity contribution in [2.75, 3.05) is 12.1 Å². The highest BCUT2D eigenvalue weighted by molar-refractivity contribution is 5.81. The van der Waals surface area contributed by atoms with Crippen LogP contribution in [0.1, 0.15) is 0 Å². The van der Waals surface area contributed by atoms with Crippen LogP contribution in [0.4, 0.5) is 11.4 Å². The summed E-state index contributed by atoms with van der Waals surface area (Å²) >= 11 is 0. The van der Waals surface area contributed by atoms with E-state index in [9.17, 15) is 14.9 Å². The maximum Gasteiger partial charge on any atom is 0.337 e. The predicted molar refractivity (Wildman–Crippen MR) is 64.9 cm³/mol. The Morgan fingerprint density at radius 2 is 2.10 bits per heavy atom. The Hall–Kier alpha value is -2.55. The molecule has 20 heavy (non-hydrogen) atoms. The first-order chi connectivity index (χ1) is 9.61. The van der Waals surface area contributed by atoms with Crippen molar-refractivity contribution in [1.82, 2.24) is 0 Å². The Bertz CT molecular complexity index is 587. The number of hydrogen-bond acceptors (Lipinski definition) is 8. The molecule has 1 saturated heterocycles. The van der Waals surface area contributed by atoms with Gasteiger partial charge in [0.05, 0.1) is 10.6 Å². The van der Waals surface area contributed by atoms with E-state index in [2.05, 4.69) is 10.3 Å². The van der Waals surface area contributed by atoms with Crippen LogP contribution in [0, 0.1) is 10.1 Å². The average Bonchev–Trinajstić information content (AvgIpc) is 3.00. The first kappa shape index (κ1) is 12.5. The molecule has 0 aromatic heterocycles. The third kappa shape index (κ3) is 1.79. The van der Waals surface area contributed by atoms with E-state index >= 15 is 0 Å². The molecule has 3 rings (SSSR count). The number of fused-ring (bicyclic) bond motifs is 1. The number of hydrogen-bond donors (Lipinski definition) is 0. The Labute approximate surface area is 112 Å². The smallest absolute Gasteiger partial charge is 0.337 e. The summed E-state index contributed by atoms with van der Waals surface area (Å²) < 4.78 is 10.1. The summed E-state index contributed by atoms with van der Waals surface area (Å²) in [5.41, 5.74) is 0.552. The Balaban J connectivity index is 1.89. The number of ether oxygens (including phenoxy) is 2. The van der Waals surface area contributed by atoms with Crippen LogP contribution in [0.15, 0.2) is 34.6 Å². The summed E-state index contributed by atoms with van der Waals surface area (Å²) in [5, 5.41) is 19.9. The molecule has 104 valence electrons. The molecule has 0 unspecified atom stereocenters. The molecule has 2 aliphatic heterocycles. The Morgan fingerprint density at radius 1 is 1.40 bits per heavy atom. The molecule has 3 atom stereocenters. The summed E-state index contributed by atoms with van der Waals surface area (Å²) in [4.78, 5) is 21.7. The maximum absolute atomic E-state index is 11.6. The molecule has 2 aliphatic rings. The van der Waals surface area contributed by atoms with Gasteiger partial charge in [-0.15, -0.1) is 0 Å². The minimum atomic E-state index is -0.766. The van der Waals surface area contributed by atoms with Gasteiger partial charge in [0.15, 0.2) is 12.1 Å². The van der Waals surface area contributed by atoms with E-state index < -0.39 is 29.3 Å². The van der Waals surface area contributed by atoms with Gasteiger partial charge in [0, 0.05) is 19.2 Å². The van der Waals surface area contributed by atoms with Crippen molar-refractivity contribution < 1.29 is 19.2 Å². The van der Waals surface area contributed by atoms with Crippen LogP contribution in [-0.2, 0) is 14.3 Å². The second-order valence-electron chi connectivity index (χ2n) is 4.30. The number of non-ortho nitro benzene ring substituents is 1. The Kier molecular flexibility index (Phi) is 2.83. The molecule has 0 spiro atoms. The highest BCUT2D eigenvalue weighted by Crippen LogP contribution is 2.34. The summed E-state index contributed by atoms with van der Waals surface area (Å²) in [5.74, 6) is -0.491. The standard InChI is InChI=1S/C11H10N4O5/c1-19-11-9-8(10(16)20-11)12-13-14(9)6-2-4-7(5-3-6)15(17)18/h2-5,8-9,11H,1H3/t8-,9+,11+/m0/s1. The molecule has 1 aromatic carbocycles. The molecule has 1 aromatic rings. The summed E-state index contributed by atoms with van der Waals surface area (Å²) in [6.45, 7) is 0. The van der Waals surface area contributed by atoms with E-state index in [-0.39, 0.29) is 5.69 Å². The number of cyclic esters (lactones) is 1. The molecule has 0 aliphatic carbocycles. The van der Waals surface area contributed by atoms with Gasteiger partial charge in [0.25, 0.3) is 5.69 Å². The van der Waals surface area contributed by atoms with Gasteiger partial charge in [0.1, 0.15) is 0 Å². The van der Waals surface area contributed by atoms with Crippen LogP contribution in [0.2, 0.25) is 0 Å². The van der Waals surface area contributed by atoms with Crippen molar-refractivity contribution in [3.63, 3.8) is 0 Å². The van der Waals surface area contributed by atoms with Crippen molar-refractivity contribution in [2.24, 2.45) is 10.3 Å². The third-order valence-electron chi connectivity index (χ3n) is 3.19. The second kappa shape index (κ2) is 4.53. The van der Waals surface area contributed by atoms with E-state index in [4.69, 9.17) is 9.47 Å². The summed E-state index contributed by atoms with van der Waals surface area (Å²) in [6.07, 6.45) is -0.766. The number of rotatable bonds is 3. The topological polar surface area (TPSA) is 107 Å². The van der Waals surface area contributed by atoms with Crippen LogP contribution in [0.25, 0.3) is 0 Å². The van der Waals surface area contributed by atoms with E-state index in [1.165, 1.54) is 36.4 Å². The van der Waals surface area contributed by atoms with Crippen molar-refractivity contribution >= 4 is 17.3 Å². The SMILES string of the molecule is CO[C@@H]1OC(=O)[C@H]2N=NN(c3ccc([N+](=O)[O-])cc3)[C@@H]12. The minimum absolute atomic E-state index is 0.0246. The lowest BCUT2D eigenvalue weighted by atomic mass is 10.1. The van der Waals surface area contributed by atoms with Gasteiger partial charge in [-0.3, -0.25) is 10.1 Å². The summed E-state index contributed by atoms with van der Waals surface area (Å²) in [7, 11) is 1.42. The van der Waals surface area contributed by atoms with Gasteiger partial charge in [-0.1, -0.05) is 5.22 Å². The molecule has 0 bridgehead atoms. The van der Waals surface area contributed by atoms with Crippen LogP contribution < -0.4 is 5.01 Å². The van der Waals surface area contributed by atoms with Crippen molar-refractivity contribution in [3.8, 4) is 0 Å². The molecule has 0 N–H and O–H groups in total. The first-order valence-electron chi connectivity index (χ1n) is 5.79. The zero-order chi connectivity index (χ0) is 14.3. The predicted octanol–water partition coefficient (Wildman–Crippen LogP) is 1.05. The van der Waals surface area contributed by atoms with Crippen LogP contribution in [0.3, 0.4) is 0 Å². The number of nitrogens with zero attached hydrogens (tertiary/aromatic N) is 4. The number of anilines is 1. The maximum atomic E-state index is 11.6. The number of benzene rings is 1. The third-order valence-corrected chi connectivity index (χ3v) is 3.19. The minimum Gasteiger partial charge on any atom is -0.432 e. The second-order valence-corrected chi connectivity index (χ2v) is 4.30. The number of carbonyl (C=O) groups is 1. The molecule has 0 radical (unpaired) electrons. The molecular weight excluding hydrogens is 268 g/mol. The molecule has 1 fully saturated rings. The quantitative estimate of drug-likeness (QED) is 0.464. The largest absolute Gasteiger partial charge is 0.432 e. The lowest BCUT2D eigenvalue weighted by Crippen LogP contribution is -2.40. The van der Waals surface area contributed by atoms with Gasteiger partial charge in [-0.05, 0) is 12.1 Å². The molecule has 0 saturated carbocycles. The first-order valence-corrected chi connectivity index (χ1v) is 5.79. The van der Waals surface area contributed by atoms with Crippen LogP contribution >= 0.6 is 0 Å². The monoisotopic (exact) mass is 278 g/mol. The van der Waals surface area contributed by atoms with E-state index in [0.717, 1.165) is 0 Å². The normalized spacial score (nSPS) is 27.6. The zero-order valence-electron chi connectivity index (χ0n) is 10.4. The van der Waals surface area contributed by atoms with Crippen molar-refractivity contribution in [3.05, 3.63) is 34.4 Å². The summed E-state index contributed by atoms with van der Waals surface area (Å²) in [6, 6.07) is 4.57. The van der Waals surface area contributed by atoms with Crippen LogP contribution in [0.5, 0.6) is 0 Å². The fourth-order valence-corrected chi connectivity index (χ4v) is 2.22. The number of carbonyl (C=O) groups excluding carboxylic acids is 1. The number of nitro groups is 1. The van der Waals surface area contributed by atoms with Crippen molar-refractivity contribution in [1.29, 1.82) is 0 Å². The van der Waals surface area contributed by atoms with Crippen LogP contribution in [-0.4, -0.2) is 36.4 Å². The van der Waals surface area contributed by atoms with Gasteiger partial charge < -0.3 is 9.47 Å². The van der Waals surface area contributed by atoms with E-state index in [1.807, 2.05) is 0 Å². The highest BCUT2D eigenvalue weighted by Gasteiger charge is 2.52. The number of nitro benzene ring substituents is 1. The number of esters is 1.